The molecule has 2 saturated heterocycles. The Kier molecular flexibility index (Phi) is 2.51. The first kappa shape index (κ1) is 8.97. The molecule has 0 aliphatic carbocycles. The molecule has 0 unspecified atom stereocenters. The topological polar surface area (TPSA) is 64.4 Å². The summed E-state index contributed by atoms with van der Waals surface area (Å²) < 4.78 is 5.27. The van der Waals surface area contributed by atoms with Crippen LogP contribution in [0.4, 0.5) is 0 Å². The van der Waals surface area contributed by atoms with E-state index in [0.29, 0.717) is 19.0 Å². The number of rotatable bonds is 1. The normalized spacial score (nSPS) is 39.5. The Morgan fingerprint density at radius 3 is 3.23 bits per heavy atom. The van der Waals surface area contributed by atoms with Gasteiger partial charge in [-0.15, -0.1) is 0 Å². The summed E-state index contributed by atoms with van der Waals surface area (Å²) in [6.45, 7) is 1.60. The predicted octanol–water partition coefficient (Wildman–Crippen LogP) is -0.371. The summed E-state index contributed by atoms with van der Waals surface area (Å²) in [7, 11) is 0. The molecule has 0 bridgehead atoms. The maximum atomic E-state index is 11.2. The quantitative estimate of drug-likeness (QED) is 0.546. The number of nitrogens with two attached hydrogens (primary N) is 1. The second kappa shape index (κ2) is 3.64. The van der Waals surface area contributed by atoms with E-state index >= 15 is 0 Å². The van der Waals surface area contributed by atoms with Crippen LogP contribution in [0.25, 0.3) is 0 Å². The Morgan fingerprint density at radius 1 is 1.62 bits per heavy atom. The molecule has 2 aliphatic rings. The zero-order valence-electron chi connectivity index (χ0n) is 7.66. The number of piperidine rings is 1. The van der Waals surface area contributed by atoms with Crippen molar-refractivity contribution in [3.63, 3.8) is 0 Å². The Hall–Kier alpha value is -0.610. The van der Waals surface area contributed by atoms with Gasteiger partial charge >= 0.3 is 5.97 Å². The van der Waals surface area contributed by atoms with Gasteiger partial charge in [-0.05, 0) is 25.9 Å². The molecule has 0 radical (unpaired) electrons. The van der Waals surface area contributed by atoms with E-state index in [-0.39, 0.29) is 18.0 Å². The second-order valence-corrected chi connectivity index (χ2v) is 3.85. The molecule has 0 aromatic carbocycles. The summed E-state index contributed by atoms with van der Waals surface area (Å²) in [5.41, 5.74) is 5.62. The Morgan fingerprint density at radius 2 is 2.46 bits per heavy atom. The minimum atomic E-state index is -0.0830. The van der Waals surface area contributed by atoms with Gasteiger partial charge < -0.3 is 15.8 Å². The molecule has 4 nitrogen and oxygen atoms in total. The van der Waals surface area contributed by atoms with Crippen molar-refractivity contribution in [2.75, 3.05) is 13.1 Å². The third kappa shape index (κ3) is 1.69. The fourth-order valence-corrected chi connectivity index (χ4v) is 2.27. The van der Waals surface area contributed by atoms with Gasteiger partial charge in [-0.2, -0.15) is 0 Å². The van der Waals surface area contributed by atoms with Crippen LogP contribution in [0.1, 0.15) is 19.3 Å². The smallest absolute Gasteiger partial charge is 0.306 e. The largest absolute Gasteiger partial charge is 0.461 e. The van der Waals surface area contributed by atoms with Gasteiger partial charge in [0.2, 0.25) is 0 Å². The number of carbonyl (C=O) groups excluding carboxylic acids is 1. The van der Waals surface area contributed by atoms with Crippen molar-refractivity contribution in [2.45, 2.75) is 31.4 Å². The van der Waals surface area contributed by atoms with Crippen molar-refractivity contribution in [1.29, 1.82) is 0 Å². The van der Waals surface area contributed by atoms with Crippen LogP contribution >= 0.6 is 0 Å². The SMILES string of the molecule is NC[C@H]1CC(=O)O[C@@H]2CCCN[C@H]12. The second-order valence-electron chi connectivity index (χ2n) is 3.85. The first-order chi connectivity index (χ1) is 6.31. The Labute approximate surface area is 77.8 Å². The van der Waals surface area contributed by atoms with Crippen molar-refractivity contribution in [3.8, 4) is 0 Å². The van der Waals surface area contributed by atoms with E-state index in [4.69, 9.17) is 10.5 Å². The highest BCUT2D eigenvalue weighted by atomic mass is 16.5. The molecule has 4 heteroatoms. The summed E-state index contributed by atoms with van der Waals surface area (Å²) in [5.74, 6) is 0.187. The van der Waals surface area contributed by atoms with Crippen LogP contribution in [-0.2, 0) is 9.53 Å². The molecule has 0 saturated carbocycles. The van der Waals surface area contributed by atoms with Crippen LogP contribution in [0.15, 0.2) is 0 Å². The average molecular weight is 184 g/mol. The van der Waals surface area contributed by atoms with E-state index in [2.05, 4.69) is 5.32 Å². The van der Waals surface area contributed by atoms with Gasteiger partial charge in [-0.3, -0.25) is 4.79 Å². The van der Waals surface area contributed by atoms with E-state index < -0.39 is 0 Å². The fourth-order valence-electron chi connectivity index (χ4n) is 2.27. The Balaban J connectivity index is 2.07. The zero-order chi connectivity index (χ0) is 9.26. The van der Waals surface area contributed by atoms with Crippen LogP contribution in [0, 0.1) is 5.92 Å². The molecule has 2 fully saturated rings. The molecule has 2 heterocycles. The van der Waals surface area contributed by atoms with E-state index in [1.807, 2.05) is 0 Å². The summed E-state index contributed by atoms with van der Waals surface area (Å²) >= 11 is 0. The molecule has 0 aromatic rings. The van der Waals surface area contributed by atoms with Crippen LogP contribution in [0.5, 0.6) is 0 Å². The van der Waals surface area contributed by atoms with E-state index in [1.165, 1.54) is 0 Å². The number of ether oxygens (including phenoxy) is 1. The molecule has 0 amide bonds. The Bertz CT molecular complexity index is 198. The van der Waals surface area contributed by atoms with E-state index in [9.17, 15) is 4.79 Å². The summed E-state index contributed by atoms with van der Waals surface area (Å²) in [6.07, 6.45) is 2.62. The van der Waals surface area contributed by atoms with Crippen molar-refractivity contribution in [3.05, 3.63) is 0 Å². The lowest BCUT2D eigenvalue weighted by Gasteiger charge is -2.40. The van der Waals surface area contributed by atoms with Crippen LogP contribution in [0.3, 0.4) is 0 Å². The van der Waals surface area contributed by atoms with Crippen LogP contribution in [-0.4, -0.2) is 31.2 Å². The standard InChI is InChI=1S/C9H16N2O2/c10-5-6-4-8(12)13-7-2-1-3-11-9(6)7/h6-7,9,11H,1-5,10H2/t6-,7-,9-/m1/s1. The molecular weight excluding hydrogens is 168 g/mol. The molecule has 74 valence electrons. The lowest BCUT2D eigenvalue weighted by atomic mass is 9.85. The highest BCUT2D eigenvalue weighted by Gasteiger charge is 2.38. The third-order valence-corrected chi connectivity index (χ3v) is 2.97. The number of nitrogens with one attached hydrogen (secondary N) is 1. The first-order valence-corrected chi connectivity index (χ1v) is 4.94. The van der Waals surface area contributed by atoms with Crippen LogP contribution < -0.4 is 11.1 Å². The molecule has 2 rings (SSSR count). The highest BCUT2D eigenvalue weighted by Crippen LogP contribution is 2.26. The number of fused-ring (bicyclic) bond motifs is 1. The summed E-state index contributed by atoms with van der Waals surface area (Å²) in [5, 5.41) is 3.39. The molecular formula is C9H16N2O2. The molecule has 13 heavy (non-hydrogen) atoms. The number of esters is 1. The van der Waals surface area contributed by atoms with Gasteiger partial charge in [0, 0.05) is 12.0 Å². The predicted molar refractivity (Wildman–Crippen MR) is 48.1 cm³/mol. The zero-order valence-corrected chi connectivity index (χ0v) is 7.66. The summed E-state index contributed by atoms with van der Waals surface area (Å²) in [6, 6.07) is 0.302. The third-order valence-electron chi connectivity index (χ3n) is 2.97. The maximum Gasteiger partial charge on any atom is 0.306 e. The average Bonchev–Trinajstić information content (AvgIpc) is 2.16. The van der Waals surface area contributed by atoms with E-state index in [0.717, 1.165) is 19.4 Å². The van der Waals surface area contributed by atoms with Gasteiger partial charge in [0.25, 0.3) is 0 Å². The van der Waals surface area contributed by atoms with Crippen molar-refractivity contribution < 1.29 is 9.53 Å². The molecule has 0 spiro atoms. The van der Waals surface area contributed by atoms with Crippen LogP contribution in [0.2, 0.25) is 0 Å². The van der Waals surface area contributed by atoms with Gasteiger partial charge in [-0.25, -0.2) is 0 Å². The number of carbonyl (C=O) groups is 1. The van der Waals surface area contributed by atoms with E-state index in [1.54, 1.807) is 0 Å². The van der Waals surface area contributed by atoms with Crippen molar-refractivity contribution in [2.24, 2.45) is 11.7 Å². The molecule has 3 atom stereocenters. The summed E-state index contributed by atoms with van der Waals surface area (Å²) in [4.78, 5) is 11.2. The van der Waals surface area contributed by atoms with Gasteiger partial charge in [0.15, 0.2) is 0 Å². The van der Waals surface area contributed by atoms with Gasteiger partial charge in [0.05, 0.1) is 6.42 Å². The van der Waals surface area contributed by atoms with Crippen molar-refractivity contribution in [1.82, 2.24) is 5.32 Å². The molecule has 3 N–H and O–H groups in total. The first-order valence-electron chi connectivity index (χ1n) is 4.94. The highest BCUT2D eigenvalue weighted by molar-refractivity contribution is 5.71. The van der Waals surface area contributed by atoms with Gasteiger partial charge in [-0.1, -0.05) is 0 Å². The lowest BCUT2D eigenvalue weighted by molar-refractivity contribution is -0.161. The lowest BCUT2D eigenvalue weighted by Crippen LogP contribution is -2.56. The van der Waals surface area contributed by atoms with Crippen molar-refractivity contribution >= 4 is 5.97 Å². The minimum absolute atomic E-state index is 0.0727. The number of hydrogen-bond acceptors (Lipinski definition) is 4. The molecule has 0 aromatic heterocycles. The fraction of sp³-hybridized carbons (Fsp3) is 0.889. The monoisotopic (exact) mass is 184 g/mol. The minimum Gasteiger partial charge on any atom is -0.461 e. The molecule has 2 aliphatic heterocycles. The maximum absolute atomic E-state index is 11.2. The number of hydrogen-bond donors (Lipinski definition) is 2. The van der Waals surface area contributed by atoms with Gasteiger partial charge in [0.1, 0.15) is 6.10 Å².